The van der Waals surface area contributed by atoms with Crippen LogP contribution in [0.3, 0.4) is 0 Å². The van der Waals surface area contributed by atoms with E-state index in [1.165, 1.54) is 29.0 Å². The number of hydrogen-bond donors (Lipinski definition) is 7. The summed E-state index contributed by atoms with van der Waals surface area (Å²) in [5.74, 6) is -5.14. The molecule has 10 N–H and O–H groups in total. The summed E-state index contributed by atoms with van der Waals surface area (Å²) in [4.78, 5) is 95.9. The highest BCUT2D eigenvalue weighted by Crippen LogP contribution is 2.44. The normalized spacial score (nSPS) is 27.8. The standard InChI is InChI=1S/C62H88N12O14/c1-32(2)36(8)57(79)72-55(68-30-65)41-18-20-45(71-41)61(28-63)53(77)51(85-59(81)49(66)33(3)4)43(87-61)26-84-48(76)25-40-17-13-16-39(23-40)22-35(7)37(9)58(80)73-56-42-19-21-46(74(42)70-31-69-56)62(29-64)54(78)52(86-60(82)50(67)34(5)6)44(88-62)27-83-47(75)24-38-14-11-10-12-15-38/h18-21,30-40,43-44,49-54,71,77-78H,10-17,22-27,66-67H2,1-9H3,(H2,65,68,72,79)(H,69,70,73,80)/t35?,36-,37+,39?,40?,43+,44+,49-,50-,51+,52+,53+,54+,61-,62-/m0/s1. The number of aliphatic hydroxyl groups excluding tert-OH is 2. The summed E-state index contributed by atoms with van der Waals surface area (Å²) in [5.41, 5.74) is 13.9. The zero-order valence-corrected chi connectivity index (χ0v) is 51.8. The van der Waals surface area contributed by atoms with Crippen LogP contribution in [0.1, 0.15) is 156 Å². The minimum Gasteiger partial charge on any atom is -0.463 e. The highest BCUT2D eigenvalue weighted by atomic mass is 16.6. The highest BCUT2D eigenvalue weighted by Gasteiger charge is 2.61. The Hall–Kier alpha value is -7.20. The van der Waals surface area contributed by atoms with Crippen LogP contribution >= 0.6 is 0 Å². The van der Waals surface area contributed by atoms with Gasteiger partial charge in [-0.15, -0.1) is 0 Å². The summed E-state index contributed by atoms with van der Waals surface area (Å²) < 4.78 is 36.8. The third-order valence-electron chi connectivity index (χ3n) is 18.2. The van der Waals surface area contributed by atoms with Crippen molar-refractivity contribution >= 4 is 59.2 Å². The van der Waals surface area contributed by atoms with Gasteiger partial charge in [0.15, 0.2) is 23.9 Å². The average molecular weight is 1230 g/mol. The molecule has 3 aromatic heterocycles. The summed E-state index contributed by atoms with van der Waals surface area (Å²) in [5, 5.41) is 52.7. The number of esters is 4. The molecule has 88 heavy (non-hydrogen) atoms. The molecule has 2 aliphatic carbocycles. The van der Waals surface area contributed by atoms with Gasteiger partial charge in [-0.3, -0.25) is 28.8 Å². The van der Waals surface area contributed by atoms with E-state index in [1.807, 2.05) is 26.8 Å². The van der Waals surface area contributed by atoms with Crippen LogP contribution in [-0.2, 0) is 68.4 Å². The molecule has 0 aromatic carbocycles. The molecule has 7 rings (SSSR count). The first-order valence-electron chi connectivity index (χ1n) is 30.8. The molecule has 2 aliphatic heterocycles. The quantitative estimate of drug-likeness (QED) is 0.0271. The Morgan fingerprint density at radius 3 is 1.89 bits per heavy atom. The van der Waals surface area contributed by atoms with Gasteiger partial charge >= 0.3 is 23.9 Å². The Morgan fingerprint density at radius 2 is 1.32 bits per heavy atom. The number of nitrogens with zero attached hydrogens (tertiary/aromatic N) is 7. The van der Waals surface area contributed by atoms with E-state index in [-0.39, 0.29) is 94.4 Å². The van der Waals surface area contributed by atoms with Gasteiger partial charge in [-0.05, 0) is 97.8 Å². The van der Waals surface area contributed by atoms with Crippen LogP contribution in [0.2, 0.25) is 0 Å². The van der Waals surface area contributed by atoms with Gasteiger partial charge in [0.2, 0.25) is 17.1 Å². The van der Waals surface area contributed by atoms with Gasteiger partial charge < -0.3 is 66.1 Å². The van der Waals surface area contributed by atoms with Crippen molar-refractivity contribution < 1.29 is 67.4 Å². The smallest absolute Gasteiger partial charge is 0.323 e. The fourth-order valence-corrected chi connectivity index (χ4v) is 12.0. The second-order valence-corrected chi connectivity index (χ2v) is 25.4. The molecule has 26 nitrogen and oxygen atoms in total. The average Bonchev–Trinajstić information content (AvgIpc) is 1.92. The van der Waals surface area contributed by atoms with Crippen molar-refractivity contribution in [3.05, 3.63) is 47.7 Å². The first-order chi connectivity index (χ1) is 41.8. The predicted molar refractivity (Wildman–Crippen MR) is 318 cm³/mol. The van der Waals surface area contributed by atoms with Crippen LogP contribution in [-0.4, -0.2) is 140 Å². The van der Waals surface area contributed by atoms with E-state index in [1.54, 1.807) is 47.6 Å². The van der Waals surface area contributed by atoms with E-state index < -0.39 is 115 Å². The zero-order chi connectivity index (χ0) is 64.4. The lowest BCUT2D eigenvalue weighted by Crippen LogP contribution is -2.46. The van der Waals surface area contributed by atoms with Gasteiger partial charge in [-0.25, -0.2) is 14.5 Å². The molecule has 3 aromatic rings. The molecule has 3 unspecified atom stereocenters. The van der Waals surface area contributed by atoms with Gasteiger partial charge in [0.1, 0.15) is 73.7 Å². The lowest BCUT2D eigenvalue weighted by Gasteiger charge is -2.31. The van der Waals surface area contributed by atoms with Crippen LogP contribution in [0.4, 0.5) is 5.82 Å². The largest absolute Gasteiger partial charge is 0.463 e. The molecule has 0 spiro atoms. The third kappa shape index (κ3) is 15.4. The number of amidine groups is 1. The van der Waals surface area contributed by atoms with Crippen LogP contribution in [0.5, 0.6) is 0 Å². The Kier molecular flexibility index (Phi) is 23.2. The third-order valence-corrected chi connectivity index (χ3v) is 18.2. The molecule has 26 heteroatoms. The molecule has 2 saturated carbocycles. The first-order valence-corrected chi connectivity index (χ1v) is 30.8. The fourth-order valence-electron chi connectivity index (χ4n) is 12.0. The van der Waals surface area contributed by atoms with E-state index in [0.29, 0.717) is 12.8 Å². The van der Waals surface area contributed by atoms with Gasteiger partial charge in [0.25, 0.3) is 5.91 Å². The van der Waals surface area contributed by atoms with Crippen LogP contribution in [0, 0.1) is 75.9 Å². The number of nitrogens with two attached hydrogens (primary N) is 3. The van der Waals surface area contributed by atoms with Gasteiger partial charge in [0, 0.05) is 24.7 Å². The summed E-state index contributed by atoms with van der Waals surface area (Å²) in [6, 6.07) is 7.89. The molecule has 0 radical (unpaired) electrons. The number of H-pyrrole nitrogens is 1. The molecule has 5 heterocycles. The van der Waals surface area contributed by atoms with Crippen LogP contribution in [0.15, 0.2) is 40.6 Å². The minimum atomic E-state index is -2.21. The van der Waals surface area contributed by atoms with E-state index >= 15 is 0 Å². The van der Waals surface area contributed by atoms with Gasteiger partial charge in [-0.2, -0.15) is 20.6 Å². The summed E-state index contributed by atoms with van der Waals surface area (Å²) in [6.07, 6.45) is 1.85. The number of rotatable bonds is 24. The Morgan fingerprint density at radius 1 is 0.761 bits per heavy atom. The van der Waals surface area contributed by atoms with E-state index in [9.17, 15) is 49.5 Å². The van der Waals surface area contributed by atoms with Gasteiger partial charge in [0.05, 0.1) is 23.4 Å². The molecule has 4 fully saturated rings. The summed E-state index contributed by atoms with van der Waals surface area (Å²) >= 11 is 0. The van der Waals surface area contributed by atoms with Crippen molar-refractivity contribution in [1.82, 2.24) is 19.6 Å². The number of aliphatic hydroxyl groups is 2. The van der Waals surface area contributed by atoms with E-state index in [2.05, 4.69) is 36.4 Å². The molecule has 2 amide bonds. The Labute approximate surface area is 513 Å². The minimum absolute atomic E-state index is 0.00692. The van der Waals surface area contributed by atoms with Crippen molar-refractivity contribution in [2.24, 2.45) is 80.4 Å². The van der Waals surface area contributed by atoms with Crippen molar-refractivity contribution in [2.45, 2.75) is 199 Å². The molecular weight excluding hydrogens is 1140 g/mol. The summed E-state index contributed by atoms with van der Waals surface area (Å²) in [6.45, 7) is 15.2. The Bertz CT molecular complexity index is 3110. The summed E-state index contributed by atoms with van der Waals surface area (Å²) in [7, 11) is 0. The molecule has 0 bridgehead atoms. The van der Waals surface area contributed by atoms with Gasteiger partial charge in [-0.1, -0.05) is 94.4 Å². The van der Waals surface area contributed by atoms with Crippen molar-refractivity contribution in [3.8, 4) is 12.1 Å². The molecule has 480 valence electrons. The number of hydrogen-bond acceptors (Lipinski definition) is 20. The lowest BCUT2D eigenvalue weighted by molar-refractivity contribution is -0.164. The van der Waals surface area contributed by atoms with Crippen LogP contribution < -0.4 is 22.5 Å². The molecular formula is C62H88N12O14. The maximum absolute atomic E-state index is 14.1. The SMILES string of the molecule is CC(C)[C@H](C)C(=O)N=C(N=CN)c1ccc([C@]2(C#N)O[C@H](COC(=O)CC3CCCC(CC(C)[C@@H](C)C(=O)Nc4ncnn5c([C@]6(C#N)O[C@H](COC(=O)CC7CCCCC7)[C@@H](OC(=O)[C@@H](N)C(C)C)[C@H]6O)ccc45)C3)[C@@H](OC(=O)[C@@H](N)C(C)C)[C@H]2O)[nH]1. The van der Waals surface area contributed by atoms with Crippen molar-refractivity contribution in [1.29, 1.82) is 10.5 Å². The Balaban J connectivity index is 0.983. The number of carbonyl (C=O) groups excluding carboxylic acids is 6. The number of ether oxygens (including phenoxy) is 6. The molecule has 15 atom stereocenters. The second kappa shape index (κ2) is 29.9. The highest BCUT2D eigenvalue weighted by molar-refractivity contribution is 6.07. The fraction of sp³-hybridized carbons (Fsp3) is 0.677. The second-order valence-electron chi connectivity index (χ2n) is 25.4. The van der Waals surface area contributed by atoms with E-state index in [4.69, 9.17) is 45.6 Å². The number of carbonyl (C=O) groups is 6. The number of fused-ring (bicyclic) bond motifs is 1. The monoisotopic (exact) mass is 1220 g/mol. The number of anilines is 1. The maximum atomic E-state index is 14.1. The molecule has 2 saturated heterocycles. The van der Waals surface area contributed by atoms with Crippen LogP contribution in [0.25, 0.3) is 5.52 Å². The maximum Gasteiger partial charge on any atom is 0.323 e. The zero-order valence-electron chi connectivity index (χ0n) is 51.8. The molecule has 4 aliphatic rings. The first kappa shape index (κ1) is 68.3. The number of nitriles is 2. The number of aromatic amines is 1. The van der Waals surface area contributed by atoms with Crippen molar-refractivity contribution in [2.75, 3.05) is 18.5 Å². The number of aliphatic imine (C=N–C) groups is 2. The topological polar surface area (TPSA) is 407 Å². The number of nitrogens with one attached hydrogen (secondary N) is 2. The predicted octanol–water partition coefficient (Wildman–Crippen LogP) is 4.91. The number of aromatic nitrogens is 4. The lowest BCUT2D eigenvalue weighted by atomic mass is 9.74. The number of amides is 2. The van der Waals surface area contributed by atoms with E-state index in [0.717, 1.165) is 57.7 Å². The van der Waals surface area contributed by atoms with Crippen molar-refractivity contribution in [3.63, 3.8) is 0 Å².